The Morgan fingerprint density at radius 2 is 2.05 bits per heavy atom. The van der Waals surface area contributed by atoms with Crippen LogP contribution in [0.2, 0.25) is 0 Å². The largest absolute Gasteiger partial charge is 0.481 e. The van der Waals surface area contributed by atoms with Crippen molar-refractivity contribution >= 4 is 17.7 Å². The van der Waals surface area contributed by atoms with Gasteiger partial charge in [0.25, 0.3) is 0 Å². The normalized spacial score (nSPS) is 10.0. The average Bonchev–Trinajstić information content (AvgIpc) is 2.37. The number of hydrogen-bond acceptors (Lipinski definition) is 2. The average molecular weight is 268 g/mol. The monoisotopic (exact) mass is 268 g/mol. The van der Waals surface area contributed by atoms with E-state index in [0.29, 0.717) is 13.0 Å². The smallest absolute Gasteiger partial charge is 0.321 e. The number of para-hydroxylation sites is 1. The number of halogens is 1. The third-order valence-electron chi connectivity index (χ3n) is 2.55. The first kappa shape index (κ1) is 14.9. The SMILES string of the molecule is CCN(C(=O)NCCCC(=O)O)c1ccccc1F. The second kappa shape index (κ2) is 7.35. The highest BCUT2D eigenvalue weighted by Gasteiger charge is 2.16. The van der Waals surface area contributed by atoms with Gasteiger partial charge in [0.15, 0.2) is 0 Å². The molecular weight excluding hydrogens is 251 g/mol. The molecule has 1 aromatic rings. The van der Waals surface area contributed by atoms with E-state index >= 15 is 0 Å². The van der Waals surface area contributed by atoms with Crippen molar-refractivity contribution in [1.29, 1.82) is 0 Å². The summed E-state index contributed by atoms with van der Waals surface area (Å²) >= 11 is 0. The molecule has 19 heavy (non-hydrogen) atoms. The van der Waals surface area contributed by atoms with Crippen LogP contribution in [0.4, 0.5) is 14.9 Å². The van der Waals surface area contributed by atoms with E-state index in [2.05, 4.69) is 5.32 Å². The summed E-state index contributed by atoms with van der Waals surface area (Å²) in [4.78, 5) is 23.5. The van der Waals surface area contributed by atoms with E-state index in [4.69, 9.17) is 5.11 Å². The van der Waals surface area contributed by atoms with Gasteiger partial charge in [0.1, 0.15) is 5.82 Å². The summed E-state index contributed by atoms with van der Waals surface area (Å²) in [6, 6.07) is 5.58. The van der Waals surface area contributed by atoms with Gasteiger partial charge in [0, 0.05) is 19.5 Å². The van der Waals surface area contributed by atoms with E-state index in [0.717, 1.165) is 0 Å². The molecule has 2 amide bonds. The Labute approximate surface area is 111 Å². The Balaban J connectivity index is 2.58. The van der Waals surface area contributed by atoms with Gasteiger partial charge < -0.3 is 10.4 Å². The molecule has 1 rings (SSSR count). The van der Waals surface area contributed by atoms with Crippen LogP contribution in [-0.4, -0.2) is 30.2 Å². The fourth-order valence-electron chi connectivity index (χ4n) is 1.62. The molecule has 0 saturated heterocycles. The number of carbonyl (C=O) groups excluding carboxylic acids is 1. The molecule has 0 saturated carbocycles. The van der Waals surface area contributed by atoms with Crippen molar-refractivity contribution in [1.82, 2.24) is 5.32 Å². The lowest BCUT2D eigenvalue weighted by Gasteiger charge is -2.21. The molecule has 0 fully saturated rings. The summed E-state index contributed by atoms with van der Waals surface area (Å²) < 4.78 is 13.6. The Morgan fingerprint density at radius 3 is 2.63 bits per heavy atom. The molecule has 0 heterocycles. The zero-order chi connectivity index (χ0) is 14.3. The maximum Gasteiger partial charge on any atom is 0.321 e. The van der Waals surface area contributed by atoms with Gasteiger partial charge in [-0.1, -0.05) is 12.1 Å². The van der Waals surface area contributed by atoms with Crippen LogP contribution in [0.3, 0.4) is 0 Å². The zero-order valence-electron chi connectivity index (χ0n) is 10.7. The minimum Gasteiger partial charge on any atom is -0.481 e. The fraction of sp³-hybridized carbons (Fsp3) is 0.385. The van der Waals surface area contributed by atoms with Gasteiger partial charge >= 0.3 is 12.0 Å². The molecule has 0 bridgehead atoms. The summed E-state index contributed by atoms with van der Waals surface area (Å²) in [6.07, 6.45) is 0.335. The van der Waals surface area contributed by atoms with E-state index in [1.165, 1.54) is 17.0 Å². The van der Waals surface area contributed by atoms with Crippen molar-refractivity contribution in [2.45, 2.75) is 19.8 Å². The van der Waals surface area contributed by atoms with E-state index in [-0.39, 0.29) is 18.7 Å². The van der Waals surface area contributed by atoms with E-state index in [1.54, 1.807) is 19.1 Å². The molecule has 0 aliphatic heterocycles. The molecule has 0 aliphatic rings. The standard InChI is InChI=1S/C13H17FN2O3/c1-2-16(11-7-4-3-6-10(11)14)13(19)15-9-5-8-12(17)18/h3-4,6-7H,2,5,8-9H2,1H3,(H,15,19)(H,17,18). The lowest BCUT2D eigenvalue weighted by Crippen LogP contribution is -2.40. The first-order chi connectivity index (χ1) is 9.06. The summed E-state index contributed by atoms with van der Waals surface area (Å²) in [5.74, 6) is -1.37. The van der Waals surface area contributed by atoms with Gasteiger partial charge in [-0.25, -0.2) is 9.18 Å². The number of amides is 2. The number of aliphatic carboxylic acids is 1. The van der Waals surface area contributed by atoms with Gasteiger partial charge in [0.2, 0.25) is 0 Å². The number of carboxylic acid groups (broad SMARTS) is 1. The maximum atomic E-state index is 13.6. The minimum atomic E-state index is -0.907. The van der Waals surface area contributed by atoms with E-state index in [1.807, 2.05) is 0 Å². The van der Waals surface area contributed by atoms with Crippen LogP contribution >= 0.6 is 0 Å². The second-order valence-electron chi connectivity index (χ2n) is 3.92. The van der Waals surface area contributed by atoms with Crippen molar-refractivity contribution in [3.8, 4) is 0 Å². The Morgan fingerprint density at radius 1 is 1.37 bits per heavy atom. The highest BCUT2D eigenvalue weighted by molar-refractivity contribution is 5.92. The van der Waals surface area contributed by atoms with Crippen LogP contribution in [-0.2, 0) is 4.79 Å². The second-order valence-corrected chi connectivity index (χ2v) is 3.92. The molecule has 0 aliphatic carbocycles. The summed E-state index contributed by atoms with van der Waals surface area (Å²) in [7, 11) is 0. The molecule has 0 unspecified atom stereocenters. The third-order valence-corrected chi connectivity index (χ3v) is 2.55. The van der Waals surface area contributed by atoms with Gasteiger partial charge in [0.05, 0.1) is 5.69 Å². The first-order valence-electron chi connectivity index (χ1n) is 6.08. The number of benzene rings is 1. The van der Waals surface area contributed by atoms with Crippen LogP contribution < -0.4 is 10.2 Å². The van der Waals surface area contributed by atoms with Crippen molar-refractivity contribution in [2.24, 2.45) is 0 Å². The van der Waals surface area contributed by atoms with Gasteiger partial charge in [-0.2, -0.15) is 0 Å². The number of hydrogen-bond donors (Lipinski definition) is 2. The Bertz CT molecular complexity index is 451. The molecule has 0 radical (unpaired) electrons. The lowest BCUT2D eigenvalue weighted by atomic mass is 10.2. The van der Waals surface area contributed by atoms with Crippen LogP contribution in [0.15, 0.2) is 24.3 Å². The van der Waals surface area contributed by atoms with Crippen LogP contribution in [0.5, 0.6) is 0 Å². The zero-order valence-corrected chi connectivity index (χ0v) is 10.7. The molecular formula is C13H17FN2O3. The third kappa shape index (κ3) is 4.57. The topological polar surface area (TPSA) is 69.6 Å². The van der Waals surface area contributed by atoms with Crippen molar-refractivity contribution in [2.75, 3.05) is 18.0 Å². The van der Waals surface area contributed by atoms with Crippen LogP contribution in [0, 0.1) is 5.82 Å². The summed E-state index contributed by atoms with van der Waals surface area (Å²) in [5, 5.41) is 11.0. The molecule has 1 aromatic carbocycles. The highest BCUT2D eigenvalue weighted by Crippen LogP contribution is 2.18. The Hall–Kier alpha value is -2.11. The number of nitrogens with one attached hydrogen (secondary N) is 1. The number of anilines is 1. The van der Waals surface area contributed by atoms with Gasteiger partial charge in [-0.05, 0) is 25.5 Å². The predicted octanol–water partition coefficient (Wildman–Crippen LogP) is 2.23. The quantitative estimate of drug-likeness (QED) is 0.777. The van der Waals surface area contributed by atoms with Crippen molar-refractivity contribution in [3.05, 3.63) is 30.1 Å². The summed E-state index contributed by atoms with van der Waals surface area (Å²) in [5.41, 5.74) is 0.209. The molecule has 6 heteroatoms. The molecule has 2 N–H and O–H groups in total. The molecule has 0 spiro atoms. The number of carbonyl (C=O) groups is 2. The fourth-order valence-corrected chi connectivity index (χ4v) is 1.62. The van der Waals surface area contributed by atoms with Gasteiger partial charge in [-0.3, -0.25) is 9.69 Å². The number of nitrogens with zero attached hydrogens (tertiary/aromatic N) is 1. The van der Waals surface area contributed by atoms with Crippen LogP contribution in [0.25, 0.3) is 0 Å². The molecule has 104 valence electrons. The first-order valence-corrected chi connectivity index (χ1v) is 6.08. The molecule has 0 aromatic heterocycles. The van der Waals surface area contributed by atoms with E-state index < -0.39 is 17.8 Å². The Kier molecular flexibility index (Phi) is 5.78. The molecule has 5 nitrogen and oxygen atoms in total. The predicted molar refractivity (Wildman–Crippen MR) is 69.7 cm³/mol. The number of carboxylic acids is 1. The highest BCUT2D eigenvalue weighted by atomic mass is 19.1. The lowest BCUT2D eigenvalue weighted by molar-refractivity contribution is -0.137. The van der Waals surface area contributed by atoms with Crippen molar-refractivity contribution in [3.63, 3.8) is 0 Å². The maximum absolute atomic E-state index is 13.6. The van der Waals surface area contributed by atoms with Crippen molar-refractivity contribution < 1.29 is 19.1 Å². The van der Waals surface area contributed by atoms with Crippen LogP contribution in [0.1, 0.15) is 19.8 Å². The number of urea groups is 1. The minimum absolute atomic E-state index is 0.00783. The van der Waals surface area contributed by atoms with E-state index in [9.17, 15) is 14.0 Å². The molecule has 0 atom stereocenters. The van der Waals surface area contributed by atoms with Gasteiger partial charge in [-0.15, -0.1) is 0 Å². The number of rotatable bonds is 6. The summed E-state index contributed by atoms with van der Waals surface area (Å²) in [6.45, 7) is 2.31.